The second-order valence-electron chi connectivity index (χ2n) is 4.15. The number of hydrogen-bond donors (Lipinski definition) is 2. The van der Waals surface area contributed by atoms with Crippen molar-refractivity contribution in [2.24, 2.45) is 0 Å². The summed E-state index contributed by atoms with van der Waals surface area (Å²) in [5.74, 6) is 0. The van der Waals surface area contributed by atoms with Crippen molar-refractivity contribution in [3.05, 3.63) is 48.3 Å². The van der Waals surface area contributed by atoms with Gasteiger partial charge < -0.3 is 10.7 Å². The first kappa shape index (κ1) is 9.90. The zero-order chi connectivity index (χ0) is 11.8. The van der Waals surface area contributed by atoms with Crippen molar-refractivity contribution in [1.82, 2.24) is 9.97 Å². The Labute approximate surface area is 99.3 Å². The van der Waals surface area contributed by atoms with Crippen LogP contribution in [0.1, 0.15) is 5.69 Å². The fourth-order valence-electron chi connectivity index (χ4n) is 2.15. The monoisotopic (exact) mass is 223 g/mol. The summed E-state index contributed by atoms with van der Waals surface area (Å²) in [7, 11) is 0. The van der Waals surface area contributed by atoms with Gasteiger partial charge in [-0.1, -0.05) is 12.1 Å². The summed E-state index contributed by atoms with van der Waals surface area (Å²) in [6, 6.07) is 11.9. The number of pyridine rings is 1. The molecule has 84 valence electrons. The Morgan fingerprint density at radius 3 is 2.65 bits per heavy atom. The zero-order valence-electron chi connectivity index (χ0n) is 9.57. The number of nitrogen functional groups attached to an aromatic ring is 1. The summed E-state index contributed by atoms with van der Waals surface area (Å²) in [6.07, 6.45) is 1.82. The Kier molecular flexibility index (Phi) is 2.11. The standard InChI is InChI=1S/C14H13N3/c1-9-13(10-4-6-11(15)7-5-10)14-12(17-9)3-2-8-16-14/h2-8,17H,15H2,1H3. The second kappa shape index (κ2) is 3.63. The number of benzene rings is 1. The Morgan fingerprint density at radius 1 is 1.12 bits per heavy atom. The number of anilines is 1. The lowest BCUT2D eigenvalue weighted by atomic mass is 10.0. The average Bonchev–Trinajstić information content (AvgIpc) is 2.66. The molecular formula is C14H13N3. The molecule has 0 saturated carbocycles. The Bertz CT molecular complexity index is 666. The van der Waals surface area contributed by atoms with Crippen LogP contribution in [0.4, 0.5) is 5.69 Å². The first-order chi connectivity index (χ1) is 8.25. The molecule has 3 heteroatoms. The number of nitrogens with zero attached hydrogens (tertiary/aromatic N) is 1. The minimum Gasteiger partial charge on any atom is -0.399 e. The van der Waals surface area contributed by atoms with E-state index in [1.165, 1.54) is 0 Å². The largest absolute Gasteiger partial charge is 0.399 e. The molecule has 3 rings (SSSR count). The minimum absolute atomic E-state index is 0.777. The van der Waals surface area contributed by atoms with Crippen molar-refractivity contribution < 1.29 is 0 Å². The van der Waals surface area contributed by atoms with Crippen LogP contribution in [-0.2, 0) is 0 Å². The van der Waals surface area contributed by atoms with Gasteiger partial charge in [-0.2, -0.15) is 0 Å². The highest BCUT2D eigenvalue weighted by molar-refractivity contribution is 5.94. The van der Waals surface area contributed by atoms with Gasteiger partial charge in [-0.15, -0.1) is 0 Å². The summed E-state index contributed by atoms with van der Waals surface area (Å²) in [6.45, 7) is 2.06. The van der Waals surface area contributed by atoms with Crippen LogP contribution >= 0.6 is 0 Å². The summed E-state index contributed by atoms with van der Waals surface area (Å²) < 4.78 is 0. The maximum atomic E-state index is 5.71. The van der Waals surface area contributed by atoms with Gasteiger partial charge in [-0.3, -0.25) is 4.98 Å². The summed E-state index contributed by atoms with van der Waals surface area (Å²) in [5, 5.41) is 0. The van der Waals surface area contributed by atoms with E-state index in [9.17, 15) is 0 Å². The molecule has 0 aliphatic heterocycles. The second-order valence-corrected chi connectivity index (χ2v) is 4.15. The van der Waals surface area contributed by atoms with Crippen LogP contribution in [0.2, 0.25) is 0 Å². The van der Waals surface area contributed by atoms with Crippen molar-refractivity contribution in [2.45, 2.75) is 6.92 Å². The van der Waals surface area contributed by atoms with E-state index in [4.69, 9.17) is 5.73 Å². The molecule has 0 fully saturated rings. The van der Waals surface area contributed by atoms with Gasteiger partial charge in [0.05, 0.1) is 11.0 Å². The topological polar surface area (TPSA) is 54.7 Å². The third kappa shape index (κ3) is 1.56. The molecule has 2 heterocycles. The van der Waals surface area contributed by atoms with E-state index in [1.807, 2.05) is 42.6 Å². The molecule has 0 atom stereocenters. The lowest BCUT2D eigenvalue weighted by Gasteiger charge is -2.01. The Hall–Kier alpha value is -2.29. The van der Waals surface area contributed by atoms with Crippen LogP contribution < -0.4 is 5.73 Å². The first-order valence-electron chi connectivity index (χ1n) is 5.55. The van der Waals surface area contributed by atoms with Crippen LogP contribution in [0.3, 0.4) is 0 Å². The SMILES string of the molecule is Cc1[nH]c2cccnc2c1-c1ccc(N)cc1. The molecule has 0 amide bonds. The fraction of sp³-hybridized carbons (Fsp3) is 0.0714. The van der Waals surface area contributed by atoms with E-state index in [0.717, 1.165) is 33.5 Å². The third-order valence-corrected chi connectivity index (χ3v) is 2.94. The van der Waals surface area contributed by atoms with Gasteiger partial charge in [0, 0.05) is 23.1 Å². The summed E-state index contributed by atoms with van der Waals surface area (Å²) in [5.41, 5.74) is 12.0. The highest BCUT2D eigenvalue weighted by Gasteiger charge is 2.10. The predicted molar refractivity (Wildman–Crippen MR) is 70.7 cm³/mol. The van der Waals surface area contributed by atoms with Crippen LogP contribution in [-0.4, -0.2) is 9.97 Å². The molecule has 3 N–H and O–H groups in total. The van der Waals surface area contributed by atoms with Crippen LogP contribution in [0, 0.1) is 6.92 Å². The number of nitrogens with two attached hydrogens (primary N) is 1. The Morgan fingerprint density at radius 2 is 1.88 bits per heavy atom. The van der Waals surface area contributed by atoms with Crippen molar-refractivity contribution in [3.8, 4) is 11.1 Å². The lowest BCUT2D eigenvalue weighted by molar-refractivity contribution is 1.30. The van der Waals surface area contributed by atoms with Gasteiger partial charge in [0.25, 0.3) is 0 Å². The first-order valence-corrected chi connectivity index (χ1v) is 5.55. The number of fused-ring (bicyclic) bond motifs is 1. The van der Waals surface area contributed by atoms with Crippen molar-refractivity contribution in [1.29, 1.82) is 0 Å². The van der Waals surface area contributed by atoms with Gasteiger partial charge >= 0.3 is 0 Å². The number of H-pyrrole nitrogens is 1. The fourth-order valence-corrected chi connectivity index (χ4v) is 2.15. The predicted octanol–water partition coefficient (Wildman–Crippen LogP) is 3.12. The number of hydrogen-bond acceptors (Lipinski definition) is 2. The van der Waals surface area contributed by atoms with E-state index in [2.05, 4.69) is 16.9 Å². The molecule has 2 aromatic heterocycles. The minimum atomic E-state index is 0.777. The van der Waals surface area contributed by atoms with Crippen LogP contribution in [0.5, 0.6) is 0 Å². The molecule has 17 heavy (non-hydrogen) atoms. The molecule has 0 unspecified atom stereocenters. The van der Waals surface area contributed by atoms with Crippen molar-refractivity contribution in [2.75, 3.05) is 5.73 Å². The molecule has 0 saturated heterocycles. The molecular weight excluding hydrogens is 210 g/mol. The molecule has 3 aromatic rings. The zero-order valence-corrected chi connectivity index (χ0v) is 9.57. The molecule has 0 aliphatic rings. The molecule has 0 bridgehead atoms. The van der Waals surface area contributed by atoms with Gasteiger partial charge in [0.1, 0.15) is 0 Å². The van der Waals surface area contributed by atoms with Crippen molar-refractivity contribution in [3.63, 3.8) is 0 Å². The average molecular weight is 223 g/mol. The van der Waals surface area contributed by atoms with E-state index in [1.54, 1.807) is 0 Å². The number of aryl methyl sites for hydroxylation is 1. The van der Waals surface area contributed by atoms with E-state index in [-0.39, 0.29) is 0 Å². The van der Waals surface area contributed by atoms with Gasteiger partial charge in [-0.25, -0.2) is 0 Å². The molecule has 3 nitrogen and oxygen atoms in total. The van der Waals surface area contributed by atoms with Crippen LogP contribution in [0.15, 0.2) is 42.6 Å². The normalized spacial score (nSPS) is 10.9. The third-order valence-electron chi connectivity index (χ3n) is 2.94. The lowest BCUT2D eigenvalue weighted by Crippen LogP contribution is -1.85. The maximum absolute atomic E-state index is 5.71. The molecule has 0 aliphatic carbocycles. The number of aromatic amines is 1. The number of rotatable bonds is 1. The van der Waals surface area contributed by atoms with Gasteiger partial charge in [-0.05, 0) is 36.8 Å². The highest BCUT2D eigenvalue weighted by Crippen LogP contribution is 2.30. The maximum Gasteiger partial charge on any atom is 0.0959 e. The van der Waals surface area contributed by atoms with E-state index in [0.29, 0.717) is 0 Å². The number of aromatic nitrogens is 2. The van der Waals surface area contributed by atoms with Crippen molar-refractivity contribution >= 4 is 16.7 Å². The summed E-state index contributed by atoms with van der Waals surface area (Å²) >= 11 is 0. The highest BCUT2D eigenvalue weighted by atomic mass is 14.8. The molecule has 0 spiro atoms. The smallest absolute Gasteiger partial charge is 0.0959 e. The quantitative estimate of drug-likeness (QED) is 0.623. The van der Waals surface area contributed by atoms with Gasteiger partial charge in [0.15, 0.2) is 0 Å². The van der Waals surface area contributed by atoms with Crippen LogP contribution in [0.25, 0.3) is 22.2 Å². The Balaban J connectivity index is 2.29. The number of nitrogens with one attached hydrogen (secondary N) is 1. The van der Waals surface area contributed by atoms with E-state index >= 15 is 0 Å². The van der Waals surface area contributed by atoms with E-state index < -0.39 is 0 Å². The molecule has 1 aromatic carbocycles. The summed E-state index contributed by atoms with van der Waals surface area (Å²) in [4.78, 5) is 7.78. The van der Waals surface area contributed by atoms with Gasteiger partial charge in [0.2, 0.25) is 0 Å². The molecule has 0 radical (unpaired) electrons.